The van der Waals surface area contributed by atoms with E-state index in [-0.39, 0.29) is 46.2 Å². The van der Waals surface area contributed by atoms with Gasteiger partial charge in [-0.05, 0) is 39.0 Å². The van der Waals surface area contributed by atoms with Gasteiger partial charge >= 0.3 is 0 Å². The number of nitrogens with one attached hydrogen (secondary N) is 1. The Hall–Kier alpha value is -1.06. The summed E-state index contributed by atoms with van der Waals surface area (Å²) in [5.74, 6) is 0.366. The van der Waals surface area contributed by atoms with E-state index in [0.29, 0.717) is 6.42 Å². The van der Waals surface area contributed by atoms with Crippen molar-refractivity contribution in [3.63, 3.8) is 0 Å². The highest BCUT2D eigenvalue weighted by atomic mass is 16.2. The molecule has 1 fully saturated rings. The van der Waals surface area contributed by atoms with Gasteiger partial charge in [0.2, 0.25) is 11.8 Å². The van der Waals surface area contributed by atoms with E-state index < -0.39 is 5.41 Å². The van der Waals surface area contributed by atoms with Gasteiger partial charge in [-0.2, -0.15) is 0 Å². The molecule has 0 bridgehead atoms. The van der Waals surface area contributed by atoms with Gasteiger partial charge in [0.05, 0.1) is 0 Å². The first-order chi connectivity index (χ1) is 10.3. The Morgan fingerprint density at radius 3 is 2.24 bits per heavy atom. The molecule has 2 atom stereocenters. The number of carbonyl (C=O) groups is 2. The fourth-order valence-corrected chi connectivity index (χ4v) is 3.07. The zero-order valence-electron chi connectivity index (χ0n) is 15.1. The van der Waals surface area contributed by atoms with Crippen LogP contribution in [0.15, 0.2) is 0 Å². The molecule has 0 aliphatic carbocycles. The maximum Gasteiger partial charge on any atom is 0.225 e. The quantitative estimate of drug-likeness (QED) is 0.662. The molecule has 0 spiro atoms. The minimum absolute atomic E-state index is 0. The van der Waals surface area contributed by atoms with Crippen molar-refractivity contribution in [1.29, 1.82) is 0 Å². The number of hydrogen-bond donors (Lipinski definition) is 1. The van der Waals surface area contributed by atoms with Crippen LogP contribution in [0.1, 0.15) is 102 Å². The van der Waals surface area contributed by atoms with Gasteiger partial charge in [0.25, 0.3) is 0 Å². The lowest BCUT2D eigenvalue weighted by molar-refractivity contribution is -0.137. The molecule has 1 N–H and O–H groups in total. The minimum atomic E-state index is -0.448. The fourth-order valence-electron chi connectivity index (χ4n) is 3.07. The Labute approximate surface area is 158 Å². The highest BCUT2D eigenvalue weighted by Crippen LogP contribution is 2.28. The van der Waals surface area contributed by atoms with Crippen LogP contribution in [0.5, 0.6) is 0 Å². The van der Waals surface area contributed by atoms with Crippen LogP contribution >= 0.6 is 0 Å². The van der Waals surface area contributed by atoms with Crippen molar-refractivity contribution in [2.75, 3.05) is 6.54 Å². The fraction of sp³-hybridized carbons (Fsp3) is 0.905. The Kier molecular flexibility index (Phi) is 15.2. The largest absolute Gasteiger partial charge is 0.353 e. The summed E-state index contributed by atoms with van der Waals surface area (Å²) in [6.07, 6.45) is 6.46. The summed E-state index contributed by atoms with van der Waals surface area (Å²) in [5, 5.41) is 3.08. The first-order valence-electron chi connectivity index (χ1n) is 8.92. The van der Waals surface area contributed by atoms with E-state index in [9.17, 15) is 9.59 Å². The highest BCUT2D eigenvalue weighted by molar-refractivity contribution is 5.82. The molecule has 1 aliphatic rings. The van der Waals surface area contributed by atoms with Crippen LogP contribution < -0.4 is 5.32 Å². The van der Waals surface area contributed by atoms with E-state index in [1.807, 2.05) is 25.7 Å². The Balaban J connectivity index is -0.00000161. The maximum absolute atomic E-state index is 12.5. The molecule has 2 unspecified atom stereocenters. The van der Waals surface area contributed by atoms with Gasteiger partial charge in [0, 0.05) is 30.5 Å². The van der Waals surface area contributed by atoms with Gasteiger partial charge in [0.1, 0.15) is 0 Å². The first kappa shape index (κ1) is 28.7. The summed E-state index contributed by atoms with van der Waals surface area (Å²) in [6, 6.07) is 0.370. The molecule has 0 aromatic heterocycles. The predicted octanol–water partition coefficient (Wildman–Crippen LogP) is 5.41. The number of amides is 2. The topological polar surface area (TPSA) is 49.4 Å². The molecular weight excluding hydrogens is 312 g/mol. The summed E-state index contributed by atoms with van der Waals surface area (Å²) >= 11 is 0. The molecule has 1 saturated heterocycles. The van der Waals surface area contributed by atoms with Crippen molar-refractivity contribution >= 4 is 11.8 Å². The van der Waals surface area contributed by atoms with E-state index in [4.69, 9.17) is 0 Å². The van der Waals surface area contributed by atoms with Gasteiger partial charge in [-0.15, -0.1) is 0 Å². The predicted molar refractivity (Wildman–Crippen MR) is 111 cm³/mol. The number of rotatable bonds is 7. The Bertz CT molecular complexity index is 380. The molecule has 0 radical (unpaired) electrons. The molecule has 1 aliphatic heterocycles. The molecule has 25 heavy (non-hydrogen) atoms. The first-order valence-corrected chi connectivity index (χ1v) is 8.92. The zero-order valence-corrected chi connectivity index (χ0v) is 15.1. The number of carbonyl (C=O) groups excluding carboxylic acids is 2. The van der Waals surface area contributed by atoms with Crippen molar-refractivity contribution in [3.05, 3.63) is 0 Å². The third-order valence-corrected chi connectivity index (χ3v) is 4.87. The monoisotopic (exact) mass is 358 g/mol. The third kappa shape index (κ3) is 8.73. The summed E-state index contributed by atoms with van der Waals surface area (Å²) in [7, 11) is 0. The molecule has 0 aromatic carbocycles. The van der Waals surface area contributed by atoms with E-state index in [1.165, 1.54) is 0 Å². The summed E-state index contributed by atoms with van der Waals surface area (Å²) in [4.78, 5) is 26.9. The third-order valence-electron chi connectivity index (χ3n) is 4.87. The van der Waals surface area contributed by atoms with E-state index >= 15 is 0 Å². The second-order valence-electron chi connectivity index (χ2n) is 7.33. The Morgan fingerprint density at radius 1 is 1.12 bits per heavy atom. The number of nitrogens with zero attached hydrogens (tertiary/aromatic N) is 1. The van der Waals surface area contributed by atoms with Crippen molar-refractivity contribution in [1.82, 2.24) is 10.2 Å². The molecule has 0 aromatic rings. The molecule has 4 nitrogen and oxygen atoms in total. The van der Waals surface area contributed by atoms with Gasteiger partial charge < -0.3 is 10.2 Å². The molecule has 2 amide bonds. The molecule has 152 valence electrons. The second kappa shape index (κ2) is 13.2. The van der Waals surface area contributed by atoms with Gasteiger partial charge in [0.15, 0.2) is 0 Å². The lowest BCUT2D eigenvalue weighted by Crippen LogP contribution is -2.47. The molecular formula is C21H46N2O2. The maximum atomic E-state index is 12.5. The van der Waals surface area contributed by atoms with Crippen molar-refractivity contribution in [3.8, 4) is 0 Å². The van der Waals surface area contributed by atoms with Crippen molar-refractivity contribution in [2.24, 2.45) is 5.41 Å². The standard InChI is InChI=1S/C18H34N2O2.3CH4/c1-6-14(3)19-17(22)18(4,5)13-15(7-2)20-12-10-8-9-11-16(20)21;;;/h14-15H,6-13H2,1-5H3,(H,19,22);3*1H4. The van der Waals surface area contributed by atoms with Gasteiger partial charge in [-0.1, -0.05) is 56.4 Å². The van der Waals surface area contributed by atoms with E-state index in [2.05, 4.69) is 19.2 Å². The lowest BCUT2D eigenvalue weighted by Gasteiger charge is -2.36. The molecule has 1 rings (SSSR count). The van der Waals surface area contributed by atoms with Crippen LogP contribution in [-0.4, -0.2) is 35.3 Å². The SMILES string of the molecule is C.C.C.CCC(C)NC(=O)C(C)(C)CC(CC)N1CCCCCC1=O. The van der Waals surface area contributed by atoms with Crippen molar-refractivity contribution in [2.45, 2.75) is 114 Å². The van der Waals surface area contributed by atoms with E-state index in [1.54, 1.807) is 0 Å². The van der Waals surface area contributed by atoms with Crippen LogP contribution in [0.25, 0.3) is 0 Å². The summed E-state index contributed by atoms with van der Waals surface area (Å²) < 4.78 is 0. The molecule has 4 heteroatoms. The average Bonchev–Trinajstić information content (AvgIpc) is 2.69. The zero-order chi connectivity index (χ0) is 16.8. The number of likely N-dealkylation sites (tertiary alicyclic amines) is 1. The van der Waals surface area contributed by atoms with Gasteiger partial charge in [-0.3, -0.25) is 9.59 Å². The van der Waals surface area contributed by atoms with Crippen LogP contribution in [0.3, 0.4) is 0 Å². The van der Waals surface area contributed by atoms with Crippen LogP contribution in [0, 0.1) is 5.41 Å². The highest BCUT2D eigenvalue weighted by Gasteiger charge is 2.34. The smallest absolute Gasteiger partial charge is 0.225 e. The normalized spacial score (nSPS) is 17.2. The van der Waals surface area contributed by atoms with Gasteiger partial charge in [-0.25, -0.2) is 0 Å². The molecule has 0 saturated carbocycles. The van der Waals surface area contributed by atoms with Crippen LogP contribution in [-0.2, 0) is 9.59 Å². The lowest BCUT2D eigenvalue weighted by atomic mass is 9.83. The van der Waals surface area contributed by atoms with Crippen molar-refractivity contribution < 1.29 is 9.59 Å². The average molecular weight is 359 g/mol. The Morgan fingerprint density at radius 2 is 1.72 bits per heavy atom. The van der Waals surface area contributed by atoms with Crippen LogP contribution in [0.2, 0.25) is 0 Å². The van der Waals surface area contributed by atoms with E-state index in [0.717, 1.165) is 45.1 Å². The summed E-state index contributed by atoms with van der Waals surface area (Å²) in [5.41, 5.74) is -0.448. The summed E-state index contributed by atoms with van der Waals surface area (Å²) in [6.45, 7) is 11.1. The number of hydrogen-bond acceptors (Lipinski definition) is 2. The second-order valence-corrected chi connectivity index (χ2v) is 7.33. The molecule has 1 heterocycles. The van der Waals surface area contributed by atoms with Crippen LogP contribution in [0.4, 0.5) is 0 Å². The minimum Gasteiger partial charge on any atom is -0.353 e.